The lowest BCUT2D eigenvalue weighted by Gasteiger charge is -2.29. The van der Waals surface area contributed by atoms with Gasteiger partial charge in [-0.1, -0.05) is 56.7 Å². The van der Waals surface area contributed by atoms with Gasteiger partial charge in [-0.15, -0.1) is 0 Å². The van der Waals surface area contributed by atoms with Gasteiger partial charge in [0.25, 0.3) is 5.56 Å². The third kappa shape index (κ3) is 3.95. The average molecular weight is 362 g/mol. The quantitative estimate of drug-likeness (QED) is 0.733. The predicted molar refractivity (Wildman–Crippen MR) is 111 cm³/mol. The largest absolute Gasteiger partial charge is 0.321 e. The topological polar surface area (TPSA) is 53.2 Å². The summed E-state index contributed by atoms with van der Waals surface area (Å²) in [6.45, 7) is 9.90. The second kappa shape index (κ2) is 7.03. The first kappa shape index (κ1) is 18.9. The van der Waals surface area contributed by atoms with E-state index in [9.17, 15) is 9.59 Å². The van der Waals surface area contributed by atoms with E-state index in [0.717, 1.165) is 27.7 Å². The maximum atomic E-state index is 13.1. The number of rotatable bonds is 3. The molecule has 0 fully saturated rings. The number of aromatic nitrogens is 1. The maximum Gasteiger partial charge on any atom is 0.253 e. The van der Waals surface area contributed by atoms with E-state index in [2.05, 4.69) is 4.98 Å². The summed E-state index contributed by atoms with van der Waals surface area (Å²) < 4.78 is 0. The lowest BCUT2D eigenvalue weighted by atomic mass is 9.94. The van der Waals surface area contributed by atoms with Crippen molar-refractivity contribution in [2.24, 2.45) is 5.41 Å². The van der Waals surface area contributed by atoms with Gasteiger partial charge >= 0.3 is 0 Å². The summed E-state index contributed by atoms with van der Waals surface area (Å²) in [5, 5.41) is 0.969. The fourth-order valence-electron chi connectivity index (χ4n) is 3.13. The van der Waals surface area contributed by atoms with Gasteiger partial charge in [-0.3, -0.25) is 9.59 Å². The first-order chi connectivity index (χ1) is 12.7. The van der Waals surface area contributed by atoms with Crippen molar-refractivity contribution in [3.05, 3.63) is 75.6 Å². The van der Waals surface area contributed by atoms with Crippen LogP contribution in [-0.2, 0) is 11.3 Å². The van der Waals surface area contributed by atoms with Gasteiger partial charge in [0.2, 0.25) is 5.91 Å². The third-order valence-electron chi connectivity index (χ3n) is 4.73. The molecular weight excluding hydrogens is 336 g/mol. The highest BCUT2D eigenvalue weighted by Crippen LogP contribution is 2.26. The molecule has 1 heterocycles. The molecule has 0 radical (unpaired) electrons. The highest BCUT2D eigenvalue weighted by molar-refractivity contribution is 5.97. The summed E-state index contributed by atoms with van der Waals surface area (Å²) >= 11 is 0. The summed E-state index contributed by atoms with van der Waals surface area (Å²) in [6.07, 6.45) is 0. The number of pyridine rings is 1. The molecule has 0 saturated heterocycles. The molecule has 0 unspecified atom stereocenters. The van der Waals surface area contributed by atoms with Crippen LogP contribution in [0, 0.1) is 19.3 Å². The molecule has 0 aliphatic rings. The number of anilines is 1. The Morgan fingerprint density at radius 3 is 2.33 bits per heavy atom. The normalized spacial score (nSPS) is 11.6. The molecule has 1 N–H and O–H groups in total. The lowest BCUT2D eigenvalue weighted by Crippen LogP contribution is -2.40. The third-order valence-corrected chi connectivity index (χ3v) is 4.73. The van der Waals surface area contributed by atoms with Crippen molar-refractivity contribution in [1.82, 2.24) is 4.98 Å². The van der Waals surface area contributed by atoms with Crippen LogP contribution in [0.2, 0.25) is 0 Å². The fraction of sp³-hybridized carbons (Fsp3) is 0.304. The Hall–Kier alpha value is -2.88. The summed E-state index contributed by atoms with van der Waals surface area (Å²) in [5.41, 5.74) is 3.66. The Labute approximate surface area is 159 Å². The number of aromatic amines is 1. The second-order valence-corrected chi connectivity index (χ2v) is 8.14. The van der Waals surface area contributed by atoms with Gasteiger partial charge < -0.3 is 9.88 Å². The highest BCUT2D eigenvalue weighted by atomic mass is 16.2. The number of carbonyl (C=O) groups is 1. The molecule has 0 aliphatic carbocycles. The van der Waals surface area contributed by atoms with Crippen molar-refractivity contribution >= 4 is 22.5 Å². The zero-order valence-electron chi connectivity index (χ0n) is 16.6. The van der Waals surface area contributed by atoms with Crippen LogP contribution in [0.25, 0.3) is 10.9 Å². The standard InChI is InChI=1S/C23H26N2O2/c1-15-9-11-19(12-10-15)25(22(27)23(3,4)5)14-18-13-17-8-6-7-16(2)20(17)24-21(18)26/h6-13H,14H2,1-5H3,(H,24,26). The van der Waals surface area contributed by atoms with Gasteiger partial charge in [0.15, 0.2) is 0 Å². The molecule has 3 aromatic rings. The van der Waals surface area contributed by atoms with E-state index < -0.39 is 5.41 Å². The van der Waals surface area contributed by atoms with Crippen LogP contribution in [0.3, 0.4) is 0 Å². The number of amides is 1. The van der Waals surface area contributed by atoms with Crippen LogP contribution in [0.1, 0.15) is 37.5 Å². The zero-order chi connectivity index (χ0) is 19.8. The molecule has 0 saturated carbocycles. The molecular formula is C23H26N2O2. The molecule has 140 valence electrons. The molecule has 4 nitrogen and oxygen atoms in total. The Morgan fingerprint density at radius 2 is 1.70 bits per heavy atom. The number of hydrogen-bond acceptors (Lipinski definition) is 2. The average Bonchev–Trinajstić information content (AvgIpc) is 2.60. The van der Waals surface area contributed by atoms with Crippen LogP contribution in [-0.4, -0.2) is 10.9 Å². The van der Waals surface area contributed by atoms with E-state index in [0.29, 0.717) is 5.56 Å². The molecule has 3 rings (SSSR count). The number of carbonyl (C=O) groups excluding carboxylic acids is 1. The summed E-state index contributed by atoms with van der Waals surface area (Å²) in [4.78, 5) is 30.5. The summed E-state index contributed by atoms with van der Waals surface area (Å²) in [5.74, 6) is -0.0184. The molecule has 0 bridgehead atoms. The number of aryl methyl sites for hydroxylation is 2. The molecule has 27 heavy (non-hydrogen) atoms. The summed E-state index contributed by atoms with van der Waals surface area (Å²) in [7, 11) is 0. The molecule has 0 atom stereocenters. The van der Waals surface area contributed by atoms with Crippen molar-refractivity contribution < 1.29 is 4.79 Å². The predicted octanol–water partition coefficient (Wildman–Crippen LogP) is 4.72. The van der Waals surface area contributed by atoms with Crippen molar-refractivity contribution in [2.45, 2.75) is 41.2 Å². The minimum Gasteiger partial charge on any atom is -0.321 e. The van der Waals surface area contributed by atoms with E-state index in [1.807, 2.05) is 83.1 Å². The van der Waals surface area contributed by atoms with Crippen molar-refractivity contribution in [3.8, 4) is 0 Å². The zero-order valence-corrected chi connectivity index (χ0v) is 16.6. The van der Waals surface area contributed by atoms with E-state index in [1.165, 1.54) is 0 Å². The van der Waals surface area contributed by atoms with Crippen molar-refractivity contribution in [3.63, 3.8) is 0 Å². The number of para-hydroxylation sites is 1. The summed E-state index contributed by atoms with van der Waals surface area (Å²) in [6, 6.07) is 15.6. The van der Waals surface area contributed by atoms with Crippen LogP contribution in [0.5, 0.6) is 0 Å². The minimum absolute atomic E-state index is 0.0184. The Bertz CT molecular complexity index is 1040. The van der Waals surface area contributed by atoms with Gasteiger partial charge in [0.05, 0.1) is 12.1 Å². The number of nitrogens with zero attached hydrogens (tertiary/aromatic N) is 1. The highest BCUT2D eigenvalue weighted by Gasteiger charge is 2.29. The minimum atomic E-state index is -0.551. The van der Waals surface area contributed by atoms with Gasteiger partial charge in [-0.2, -0.15) is 0 Å². The van der Waals surface area contributed by atoms with Gasteiger partial charge in [-0.05, 0) is 43.0 Å². The van der Waals surface area contributed by atoms with Crippen LogP contribution >= 0.6 is 0 Å². The van der Waals surface area contributed by atoms with Gasteiger partial charge in [-0.25, -0.2) is 0 Å². The molecule has 1 aromatic heterocycles. The van der Waals surface area contributed by atoms with Crippen LogP contribution in [0.4, 0.5) is 5.69 Å². The van der Waals surface area contributed by atoms with Crippen LogP contribution < -0.4 is 10.5 Å². The maximum absolute atomic E-state index is 13.1. The van der Waals surface area contributed by atoms with Crippen molar-refractivity contribution in [1.29, 1.82) is 0 Å². The van der Waals surface area contributed by atoms with E-state index in [4.69, 9.17) is 0 Å². The number of hydrogen-bond donors (Lipinski definition) is 1. The number of fused-ring (bicyclic) bond motifs is 1. The molecule has 4 heteroatoms. The molecule has 2 aromatic carbocycles. The van der Waals surface area contributed by atoms with Gasteiger partial charge in [0.1, 0.15) is 0 Å². The SMILES string of the molecule is Cc1ccc(N(Cc2cc3cccc(C)c3[nH]c2=O)C(=O)C(C)(C)C)cc1. The first-order valence-electron chi connectivity index (χ1n) is 9.17. The van der Waals surface area contributed by atoms with Crippen molar-refractivity contribution in [2.75, 3.05) is 4.90 Å². The smallest absolute Gasteiger partial charge is 0.253 e. The monoisotopic (exact) mass is 362 g/mol. The first-order valence-corrected chi connectivity index (χ1v) is 9.17. The number of H-pyrrole nitrogens is 1. The molecule has 0 aliphatic heterocycles. The fourth-order valence-corrected chi connectivity index (χ4v) is 3.13. The second-order valence-electron chi connectivity index (χ2n) is 8.14. The van der Waals surface area contributed by atoms with E-state index in [1.54, 1.807) is 4.90 Å². The lowest BCUT2D eigenvalue weighted by molar-refractivity contribution is -0.125. The number of benzene rings is 2. The Kier molecular flexibility index (Phi) is 4.92. The Morgan fingerprint density at radius 1 is 1.04 bits per heavy atom. The molecule has 0 spiro atoms. The number of nitrogens with one attached hydrogen (secondary N) is 1. The Balaban J connectivity index is 2.08. The van der Waals surface area contributed by atoms with E-state index in [-0.39, 0.29) is 18.0 Å². The van der Waals surface area contributed by atoms with Crippen LogP contribution in [0.15, 0.2) is 53.3 Å². The van der Waals surface area contributed by atoms with Gasteiger partial charge in [0, 0.05) is 16.7 Å². The van der Waals surface area contributed by atoms with E-state index >= 15 is 0 Å². The molecule has 1 amide bonds.